The van der Waals surface area contributed by atoms with Crippen LogP contribution >= 0.6 is 0 Å². The number of aryl methyl sites for hydroxylation is 1. The van der Waals surface area contributed by atoms with Crippen LogP contribution in [-0.4, -0.2) is 46.3 Å². The second kappa shape index (κ2) is 6.84. The lowest BCUT2D eigenvalue weighted by atomic mass is 10.1. The Labute approximate surface area is 147 Å². The molecular formula is C19H20N6. The van der Waals surface area contributed by atoms with Gasteiger partial charge in [-0.3, -0.25) is 0 Å². The van der Waals surface area contributed by atoms with E-state index in [1.807, 2.05) is 12.1 Å². The maximum absolute atomic E-state index is 4.43. The Bertz CT molecular complexity index is 809. The molecule has 3 heterocycles. The average Bonchev–Trinajstić information content (AvgIpc) is 2.70. The number of aromatic nitrogens is 4. The fourth-order valence-electron chi connectivity index (χ4n) is 2.96. The van der Waals surface area contributed by atoms with Gasteiger partial charge >= 0.3 is 0 Å². The molecule has 2 aromatic heterocycles. The molecule has 6 heteroatoms. The van der Waals surface area contributed by atoms with Gasteiger partial charge in [0.05, 0.1) is 5.69 Å². The SMILES string of the molecule is Cc1ccc(-c2ccc(N3CCN(c4ncccn4)CC3)nn2)cc1. The first kappa shape index (κ1) is 15.5. The molecule has 0 bridgehead atoms. The molecule has 0 unspecified atom stereocenters. The summed E-state index contributed by atoms with van der Waals surface area (Å²) in [5.74, 6) is 1.72. The number of hydrogen-bond acceptors (Lipinski definition) is 6. The predicted molar refractivity (Wildman–Crippen MR) is 98.7 cm³/mol. The summed E-state index contributed by atoms with van der Waals surface area (Å²) in [4.78, 5) is 13.1. The normalized spacial score (nSPS) is 14.6. The molecule has 6 nitrogen and oxygen atoms in total. The molecule has 3 aromatic rings. The van der Waals surface area contributed by atoms with Gasteiger partial charge in [-0.25, -0.2) is 9.97 Å². The van der Waals surface area contributed by atoms with Crippen LogP contribution < -0.4 is 9.80 Å². The van der Waals surface area contributed by atoms with Gasteiger partial charge in [-0.05, 0) is 25.1 Å². The van der Waals surface area contributed by atoms with Crippen LogP contribution in [0.4, 0.5) is 11.8 Å². The van der Waals surface area contributed by atoms with Crippen molar-refractivity contribution in [2.45, 2.75) is 6.92 Å². The molecule has 1 aliphatic rings. The lowest BCUT2D eigenvalue weighted by molar-refractivity contribution is 0.631. The Morgan fingerprint density at radius 3 is 2.08 bits per heavy atom. The van der Waals surface area contributed by atoms with E-state index in [0.29, 0.717) is 0 Å². The molecule has 0 N–H and O–H groups in total. The highest BCUT2D eigenvalue weighted by Gasteiger charge is 2.20. The molecule has 0 amide bonds. The van der Waals surface area contributed by atoms with Crippen LogP contribution in [0.2, 0.25) is 0 Å². The standard InChI is InChI=1S/C19H20N6/c1-15-3-5-16(6-4-15)17-7-8-18(23-22-17)24-11-13-25(14-12-24)19-20-9-2-10-21-19/h2-10H,11-14H2,1H3. The van der Waals surface area contributed by atoms with Crippen LogP contribution in [0.1, 0.15) is 5.56 Å². The number of nitrogens with zero attached hydrogens (tertiary/aromatic N) is 6. The Balaban J connectivity index is 1.42. The number of rotatable bonds is 3. The molecule has 1 aromatic carbocycles. The first-order valence-electron chi connectivity index (χ1n) is 8.47. The van der Waals surface area contributed by atoms with Crippen molar-refractivity contribution in [3.63, 3.8) is 0 Å². The topological polar surface area (TPSA) is 58.0 Å². The molecule has 1 aliphatic heterocycles. The lowest BCUT2D eigenvalue weighted by Gasteiger charge is -2.35. The highest BCUT2D eigenvalue weighted by molar-refractivity contribution is 5.60. The van der Waals surface area contributed by atoms with Gasteiger partial charge in [0, 0.05) is 44.1 Å². The van der Waals surface area contributed by atoms with E-state index < -0.39 is 0 Å². The van der Waals surface area contributed by atoms with Crippen molar-refractivity contribution in [3.8, 4) is 11.3 Å². The molecule has 1 fully saturated rings. The van der Waals surface area contributed by atoms with Gasteiger partial charge in [-0.2, -0.15) is 0 Å². The van der Waals surface area contributed by atoms with Crippen molar-refractivity contribution in [3.05, 3.63) is 60.4 Å². The van der Waals surface area contributed by atoms with Crippen LogP contribution in [0.3, 0.4) is 0 Å². The van der Waals surface area contributed by atoms with E-state index >= 15 is 0 Å². The molecule has 0 spiro atoms. The van der Waals surface area contributed by atoms with Crippen LogP contribution in [0.15, 0.2) is 54.9 Å². The zero-order chi connectivity index (χ0) is 17.1. The summed E-state index contributed by atoms with van der Waals surface area (Å²) in [7, 11) is 0. The highest BCUT2D eigenvalue weighted by Crippen LogP contribution is 2.20. The first-order valence-corrected chi connectivity index (χ1v) is 8.47. The van der Waals surface area contributed by atoms with E-state index in [9.17, 15) is 0 Å². The zero-order valence-corrected chi connectivity index (χ0v) is 14.2. The van der Waals surface area contributed by atoms with Gasteiger partial charge in [0.1, 0.15) is 0 Å². The summed E-state index contributed by atoms with van der Waals surface area (Å²) in [5, 5.41) is 8.83. The quantitative estimate of drug-likeness (QED) is 0.735. The third kappa shape index (κ3) is 3.42. The minimum absolute atomic E-state index is 0.794. The monoisotopic (exact) mass is 332 g/mol. The van der Waals surface area contributed by atoms with E-state index in [1.165, 1.54) is 5.56 Å². The number of piperazine rings is 1. The summed E-state index contributed by atoms with van der Waals surface area (Å²) in [6, 6.07) is 14.3. The minimum atomic E-state index is 0.794. The van der Waals surface area contributed by atoms with Crippen molar-refractivity contribution < 1.29 is 0 Å². The fourth-order valence-corrected chi connectivity index (χ4v) is 2.96. The van der Waals surface area contributed by atoms with Crippen molar-refractivity contribution >= 4 is 11.8 Å². The zero-order valence-electron chi connectivity index (χ0n) is 14.2. The van der Waals surface area contributed by atoms with Gasteiger partial charge in [-0.1, -0.05) is 29.8 Å². The lowest BCUT2D eigenvalue weighted by Crippen LogP contribution is -2.47. The van der Waals surface area contributed by atoms with Crippen molar-refractivity contribution in [1.82, 2.24) is 20.2 Å². The summed E-state index contributed by atoms with van der Waals surface area (Å²) in [6.45, 7) is 5.61. The molecule has 0 atom stereocenters. The Hall–Kier alpha value is -3.02. The Kier molecular flexibility index (Phi) is 4.24. The average molecular weight is 332 g/mol. The summed E-state index contributed by atoms with van der Waals surface area (Å²) >= 11 is 0. The van der Waals surface area contributed by atoms with Crippen LogP contribution in [0, 0.1) is 6.92 Å². The smallest absolute Gasteiger partial charge is 0.225 e. The van der Waals surface area contributed by atoms with Gasteiger partial charge < -0.3 is 9.80 Å². The maximum Gasteiger partial charge on any atom is 0.225 e. The van der Waals surface area contributed by atoms with Crippen LogP contribution in [-0.2, 0) is 0 Å². The molecule has 126 valence electrons. The van der Waals surface area contributed by atoms with E-state index in [2.05, 4.69) is 67.2 Å². The van der Waals surface area contributed by atoms with Crippen LogP contribution in [0.5, 0.6) is 0 Å². The second-order valence-electron chi connectivity index (χ2n) is 6.17. The third-order valence-electron chi connectivity index (χ3n) is 4.44. The summed E-state index contributed by atoms with van der Waals surface area (Å²) in [6.07, 6.45) is 3.56. The maximum atomic E-state index is 4.43. The molecule has 0 radical (unpaired) electrons. The fraction of sp³-hybridized carbons (Fsp3) is 0.263. The molecule has 4 rings (SSSR count). The molecule has 0 saturated carbocycles. The molecule has 0 aliphatic carbocycles. The molecule has 1 saturated heterocycles. The third-order valence-corrected chi connectivity index (χ3v) is 4.44. The minimum Gasteiger partial charge on any atom is -0.352 e. The van der Waals surface area contributed by atoms with Gasteiger partial charge in [0.25, 0.3) is 0 Å². The van der Waals surface area contributed by atoms with E-state index in [0.717, 1.165) is 49.2 Å². The van der Waals surface area contributed by atoms with Gasteiger partial charge in [0.15, 0.2) is 5.82 Å². The van der Waals surface area contributed by atoms with E-state index in [1.54, 1.807) is 12.4 Å². The van der Waals surface area contributed by atoms with E-state index in [-0.39, 0.29) is 0 Å². The van der Waals surface area contributed by atoms with Crippen LogP contribution in [0.25, 0.3) is 11.3 Å². The van der Waals surface area contributed by atoms with Gasteiger partial charge in [-0.15, -0.1) is 10.2 Å². The highest BCUT2D eigenvalue weighted by atomic mass is 15.3. The summed E-state index contributed by atoms with van der Waals surface area (Å²) in [5.41, 5.74) is 3.24. The Morgan fingerprint density at radius 1 is 0.760 bits per heavy atom. The second-order valence-corrected chi connectivity index (χ2v) is 6.17. The molecule has 25 heavy (non-hydrogen) atoms. The molecular weight excluding hydrogens is 312 g/mol. The summed E-state index contributed by atoms with van der Waals surface area (Å²) < 4.78 is 0. The predicted octanol–water partition coefficient (Wildman–Crippen LogP) is 2.57. The van der Waals surface area contributed by atoms with Gasteiger partial charge in [0.2, 0.25) is 5.95 Å². The number of hydrogen-bond donors (Lipinski definition) is 0. The van der Waals surface area contributed by atoms with Crippen molar-refractivity contribution in [2.75, 3.05) is 36.0 Å². The van der Waals surface area contributed by atoms with Crippen molar-refractivity contribution in [1.29, 1.82) is 0 Å². The largest absolute Gasteiger partial charge is 0.352 e. The first-order chi connectivity index (χ1) is 12.3. The Morgan fingerprint density at radius 2 is 1.44 bits per heavy atom. The number of benzene rings is 1. The van der Waals surface area contributed by atoms with Crippen molar-refractivity contribution in [2.24, 2.45) is 0 Å². The van der Waals surface area contributed by atoms with E-state index in [4.69, 9.17) is 0 Å². The number of anilines is 2.